The smallest absolute Gasteiger partial charge is 0.262 e. The van der Waals surface area contributed by atoms with E-state index >= 15 is 0 Å². The van der Waals surface area contributed by atoms with Crippen molar-refractivity contribution in [3.63, 3.8) is 0 Å². The predicted octanol–water partition coefficient (Wildman–Crippen LogP) is 5.34. The molecule has 12 heteroatoms. The number of aromatic nitrogens is 3. The van der Waals surface area contributed by atoms with E-state index in [1.165, 1.54) is 4.40 Å². The number of nitrogens with zero attached hydrogens (tertiary/aromatic N) is 4. The Morgan fingerprint density at radius 3 is 2.45 bits per heavy atom. The predicted molar refractivity (Wildman–Crippen MR) is 191 cm³/mol. The molecule has 0 radical (unpaired) electrons. The van der Waals surface area contributed by atoms with Crippen molar-refractivity contribution in [2.75, 3.05) is 26.7 Å². The Morgan fingerprint density at radius 1 is 0.980 bits per heavy atom. The standard InChI is InChI=1S/C37H36Cl2N6O4/c1-49-36-23(20-44-14-13-26(46)21-44)8-10-31(43-36)30-7-3-6-29(35(30)39)28-5-2-4-27(34(28)38)22-12-15-45-32(16-22)41-18-24(37(45)48)17-40-19-25-9-11-33(47)42-25/h2-8,10,12,15-16,18,25-26,40,46H,9,11,13-14,17,19-21H2,1H3,(H,42,47). The molecule has 0 spiro atoms. The Hall–Kier alpha value is -4.32. The van der Waals surface area contributed by atoms with Crippen LogP contribution >= 0.6 is 23.2 Å². The fraction of sp³-hybridized carbons (Fsp3) is 0.297. The molecule has 5 heterocycles. The van der Waals surface area contributed by atoms with E-state index < -0.39 is 0 Å². The van der Waals surface area contributed by atoms with Crippen molar-refractivity contribution in [2.24, 2.45) is 0 Å². The summed E-state index contributed by atoms with van der Waals surface area (Å²) in [6.45, 7) is 3.05. The normalized spacial score (nSPS) is 17.9. The van der Waals surface area contributed by atoms with Crippen LogP contribution < -0.4 is 20.9 Å². The van der Waals surface area contributed by atoms with Crippen molar-refractivity contribution >= 4 is 34.8 Å². The van der Waals surface area contributed by atoms with Gasteiger partial charge in [0.1, 0.15) is 5.65 Å². The molecular formula is C37H36Cl2N6O4. The first-order valence-electron chi connectivity index (χ1n) is 16.3. The zero-order valence-electron chi connectivity index (χ0n) is 27.0. The largest absolute Gasteiger partial charge is 0.481 e. The Morgan fingerprint density at radius 2 is 1.73 bits per heavy atom. The van der Waals surface area contributed by atoms with Crippen LogP contribution in [0.25, 0.3) is 39.2 Å². The summed E-state index contributed by atoms with van der Waals surface area (Å²) in [6, 6.07) is 19.3. The van der Waals surface area contributed by atoms with E-state index in [0.717, 1.165) is 52.8 Å². The van der Waals surface area contributed by atoms with Gasteiger partial charge in [0.15, 0.2) is 0 Å². The van der Waals surface area contributed by atoms with Gasteiger partial charge in [-0.05, 0) is 36.6 Å². The van der Waals surface area contributed by atoms with Crippen LogP contribution in [0.3, 0.4) is 0 Å². The molecule has 7 rings (SSSR count). The number of pyridine rings is 2. The van der Waals surface area contributed by atoms with Crippen LogP contribution in [0, 0.1) is 0 Å². The number of fused-ring (bicyclic) bond motifs is 1. The number of carbonyl (C=O) groups is 1. The number of amides is 1. The maximum Gasteiger partial charge on any atom is 0.262 e. The molecule has 10 nitrogen and oxygen atoms in total. The second kappa shape index (κ2) is 14.3. The van der Waals surface area contributed by atoms with Gasteiger partial charge in [0, 0.05) is 91.0 Å². The van der Waals surface area contributed by atoms with E-state index in [1.54, 1.807) is 19.5 Å². The molecule has 2 fully saturated rings. The highest BCUT2D eigenvalue weighted by molar-refractivity contribution is 6.39. The topological polar surface area (TPSA) is 121 Å². The lowest BCUT2D eigenvalue weighted by Crippen LogP contribution is -2.36. The molecule has 1 amide bonds. The van der Waals surface area contributed by atoms with Crippen LogP contribution in [0.4, 0.5) is 0 Å². The SMILES string of the molecule is COc1nc(-c2cccc(-c3cccc(-c4ccn5c(=O)c(CNCC6CCC(=O)N6)cnc5c4)c3Cl)c2Cl)ccc1CN1CCC(O)C1. The number of carbonyl (C=O) groups excluding carboxylic acids is 1. The molecule has 0 bridgehead atoms. The van der Waals surface area contributed by atoms with E-state index in [9.17, 15) is 14.7 Å². The number of β-amino-alcohol motifs (C(OH)–C–C–N with tert-alkyl or cyclic N) is 1. The molecule has 252 valence electrons. The third-order valence-corrected chi connectivity index (χ3v) is 10.0. The number of hydrogen-bond acceptors (Lipinski definition) is 8. The monoisotopic (exact) mass is 698 g/mol. The van der Waals surface area contributed by atoms with E-state index in [-0.39, 0.29) is 23.6 Å². The third kappa shape index (κ3) is 6.92. The first-order valence-corrected chi connectivity index (χ1v) is 17.1. The summed E-state index contributed by atoms with van der Waals surface area (Å²) >= 11 is 14.2. The molecule has 2 aliphatic rings. The quantitative estimate of drug-likeness (QED) is 0.179. The number of aliphatic hydroxyl groups excluding tert-OH is 1. The number of hydrogen-bond donors (Lipinski definition) is 3. The minimum absolute atomic E-state index is 0.0632. The fourth-order valence-corrected chi connectivity index (χ4v) is 7.29. The molecule has 49 heavy (non-hydrogen) atoms. The Bertz CT molecular complexity index is 2100. The van der Waals surface area contributed by atoms with E-state index in [1.807, 2.05) is 60.7 Å². The highest BCUT2D eigenvalue weighted by Crippen LogP contribution is 2.42. The van der Waals surface area contributed by atoms with Gasteiger partial charge in [-0.15, -0.1) is 0 Å². The van der Waals surface area contributed by atoms with Crippen LogP contribution in [0.15, 0.2) is 77.9 Å². The lowest BCUT2D eigenvalue weighted by molar-refractivity contribution is -0.119. The number of aliphatic hydroxyl groups is 1. The van der Waals surface area contributed by atoms with Crippen LogP contribution in [0.1, 0.15) is 30.4 Å². The van der Waals surface area contributed by atoms with Crippen LogP contribution in [0.2, 0.25) is 10.0 Å². The lowest BCUT2D eigenvalue weighted by Gasteiger charge is -2.18. The lowest BCUT2D eigenvalue weighted by atomic mass is 9.97. The highest BCUT2D eigenvalue weighted by Gasteiger charge is 2.23. The van der Waals surface area contributed by atoms with Gasteiger partial charge < -0.3 is 20.5 Å². The summed E-state index contributed by atoms with van der Waals surface area (Å²) in [5, 5.41) is 17.1. The van der Waals surface area contributed by atoms with Gasteiger partial charge in [0.25, 0.3) is 5.56 Å². The maximum atomic E-state index is 13.2. The Labute approximate surface area is 293 Å². The summed E-state index contributed by atoms with van der Waals surface area (Å²) in [5.74, 6) is 0.583. The van der Waals surface area contributed by atoms with Crippen molar-refractivity contribution in [1.82, 2.24) is 29.9 Å². The van der Waals surface area contributed by atoms with Crippen molar-refractivity contribution in [3.8, 4) is 39.4 Å². The van der Waals surface area contributed by atoms with Crippen molar-refractivity contribution in [1.29, 1.82) is 0 Å². The first kappa shape index (κ1) is 33.2. The number of nitrogens with one attached hydrogen (secondary N) is 2. The third-order valence-electron chi connectivity index (χ3n) is 9.22. The van der Waals surface area contributed by atoms with Gasteiger partial charge in [0.2, 0.25) is 11.8 Å². The first-order chi connectivity index (χ1) is 23.8. The second-order valence-electron chi connectivity index (χ2n) is 12.5. The van der Waals surface area contributed by atoms with Crippen molar-refractivity contribution in [2.45, 2.75) is 44.5 Å². The summed E-state index contributed by atoms with van der Waals surface area (Å²) in [4.78, 5) is 36.3. The number of halogens is 2. The van der Waals surface area contributed by atoms with Crippen LogP contribution in [-0.4, -0.2) is 69.2 Å². The van der Waals surface area contributed by atoms with Gasteiger partial charge in [-0.3, -0.25) is 18.9 Å². The van der Waals surface area contributed by atoms with Crippen molar-refractivity contribution in [3.05, 3.63) is 105 Å². The Kier molecular flexibility index (Phi) is 9.66. The number of likely N-dealkylation sites (tertiary alicyclic amines) is 1. The van der Waals surface area contributed by atoms with Gasteiger partial charge in [-0.25, -0.2) is 9.97 Å². The summed E-state index contributed by atoms with van der Waals surface area (Å²) in [6.07, 6.45) is 5.10. The number of methoxy groups -OCH3 is 1. The number of benzene rings is 2. The molecule has 2 aliphatic heterocycles. The van der Waals surface area contributed by atoms with Gasteiger partial charge in [-0.2, -0.15) is 0 Å². The molecule has 3 aromatic heterocycles. The minimum atomic E-state index is -0.298. The average Bonchev–Trinajstić information content (AvgIpc) is 3.72. The fourth-order valence-electron chi connectivity index (χ4n) is 6.63. The van der Waals surface area contributed by atoms with E-state index in [2.05, 4.69) is 20.5 Å². The molecule has 2 atom stereocenters. The van der Waals surface area contributed by atoms with E-state index in [4.69, 9.17) is 32.9 Å². The maximum absolute atomic E-state index is 13.2. The van der Waals surface area contributed by atoms with E-state index in [0.29, 0.717) is 65.4 Å². The molecular weight excluding hydrogens is 663 g/mol. The molecule has 2 aromatic carbocycles. The zero-order chi connectivity index (χ0) is 34.1. The van der Waals surface area contributed by atoms with Gasteiger partial charge >= 0.3 is 0 Å². The number of ether oxygens (including phenoxy) is 1. The summed E-state index contributed by atoms with van der Waals surface area (Å²) in [7, 11) is 1.60. The molecule has 2 saturated heterocycles. The second-order valence-corrected chi connectivity index (χ2v) is 13.3. The Balaban J connectivity index is 1.14. The zero-order valence-corrected chi connectivity index (χ0v) is 28.5. The molecule has 5 aromatic rings. The molecule has 0 aliphatic carbocycles. The van der Waals surface area contributed by atoms with Crippen LogP contribution in [0.5, 0.6) is 5.88 Å². The molecule has 0 saturated carbocycles. The molecule has 2 unspecified atom stereocenters. The van der Waals surface area contributed by atoms with Gasteiger partial charge in [0.05, 0.1) is 29.0 Å². The van der Waals surface area contributed by atoms with Gasteiger partial charge in [-0.1, -0.05) is 65.7 Å². The summed E-state index contributed by atoms with van der Waals surface area (Å²) in [5.41, 5.74) is 6.34. The van der Waals surface area contributed by atoms with Crippen LogP contribution in [-0.2, 0) is 17.9 Å². The van der Waals surface area contributed by atoms with Crippen molar-refractivity contribution < 1.29 is 14.6 Å². The molecule has 3 N–H and O–H groups in total. The minimum Gasteiger partial charge on any atom is -0.481 e. The summed E-state index contributed by atoms with van der Waals surface area (Å²) < 4.78 is 7.19. The highest BCUT2D eigenvalue weighted by atomic mass is 35.5. The average molecular weight is 700 g/mol. The number of rotatable bonds is 10.